The number of carbonyl (C=O) groups excluding carboxylic acids is 1. The minimum atomic E-state index is -0.372. The second kappa shape index (κ2) is 10.2. The van der Waals surface area contributed by atoms with Crippen LogP contribution in [0.2, 0.25) is 0 Å². The lowest BCUT2D eigenvalue weighted by atomic mass is 10.0. The molecule has 0 radical (unpaired) electrons. The number of hydrogen-bond acceptors (Lipinski definition) is 4. The second-order valence-corrected chi connectivity index (χ2v) is 6.05. The molecule has 0 unspecified atom stereocenters. The number of piperidine rings is 1. The summed E-state index contributed by atoms with van der Waals surface area (Å²) in [6.07, 6.45) is 1.42. The van der Waals surface area contributed by atoms with Gasteiger partial charge in [0.25, 0.3) is 6.47 Å². The van der Waals surface area contributed by atoms with Crippen molar-refractivity contribution in [2.45, 2.75) is 18.9 Å². The van der Waals surface area contributed by atoms with Crippen molar-refractivity contribution in [1.29, 1.82) is 0 Å². The van der Waals surface area contributed by atoms with Gasteiger partial charge in [0.15, 0.2) is 0 Å². The number of carbonyl (C=O) groups is 2. The summed E-state index contributed by atoms with van der Waals surface area (Å²) < 4.78 is 5.56. The number of anilines is 1. The Hall–Kier alpha value is -2.86. The molecule has 1 amide bonds. The first-order valence-electron chi connectivity index (χ1n) is 8.52. The summed E-state index contributed by atoms with van der Waals surface area (Å²) in [5.74, 6) is 0. The zero-order chi connectivity index (χ0) is 18.8. The van der Waals surface area contributed by atoms with Crippen molar-refractivity contribution in [3.05, 3.63) is 54.6 Å². The van der Waals surface area contributed by atoms with Gasteiger partial charge in [-0.15, -0.1) is 0 Å². The Labute approximate surface area is 153 Å². The van der Waals surface area contributed by atoms with Crippen molar-refractivity contribution >= 4 is 18.3 Å². The standard InChI is InChI=1S/C19H22N2O2.CH2O2/c1-21-13-11-16(12-14-21)23-19(22)20-18-10-6-5-9-17(18)15-7-3-2-4-8-15;2-1-3/h2-10,16H,11-14H2,1H3,(H,20,22);1H,(H,2,3). The van der Waals surface area contributed by atoms with Crippen LogP contribution in [0.4, 0.5) is 10.5 Å². The monoisotopic (exact) mass is 356 g/mol. The molecule has 6 heteroatoms. The van der Waals surface area contributed by atoms with Gasteiger partial charge in [-0.3, -0.25) is 10.1 Å². The molecular weight excluding hydrogens is 332 g/mol. The van der Waals surface area contributed by atoms with E-state index in [1.807, 2.05) is 54.6 Å². The molecule has 1 fully saturated rings. The zero-order valence-electron chi connectivity index (χ0n) is 14.8. The predicted molar refractivity (Wildman–Crippen MR) is 101 cm³/mol. The molecule has 0 aliphatic carbocycles. The number of para-hydroxylation sites is 1. The average Bonchev–Trinajstić information content (AvgIpc) is 2.65. The molecule has 0 atom stereocenters. The molecule has 0 aromatic heterocycles. The highest BCUT2D eigenvalue weighted by Gasteiger charge is 2.20. The van der Waals surface area contributed by atoms with Crippen molar-refractivity contribution in [3.8, 4) is 11.1 Å². The largest absolute Gasteiger partial charge is 0.483 e. The summed E-state index contributed by atoms with van der Waals surface area (Å²) in [4.78, 5) is 22.8. The maximum Gasteiger partial charge on any atom is 0.411 e. The van der Waals surface area contributed by atoms with E-state index in [1.54, 1.807) is 0 Å². The number of benzene rings is 2. The fourth-order valence-corrected chi connectivity index (χ4v) is 2.86. The van der Waals surface area contributed by atoms with E-state index in [0.717, 1.165) is 42.7 Å². The highest BCUT2D eigenvalue weighted by molar-refractivity contribution is 5.91. The Kier molecular flexibility index (Phi) is 7.64. The molecule has 1 saturated heterocycles. The third-order valence-corrected chi connectivity index (χ3v) is 4.19. The molecule has 1 aliphatic rings. The first-order chi connectivity index (χ1) is 12.6. The van der Waals surface area contributed by atoms with Gasteiger partial charge in [-0.2, -0.15) is 0 Å². The van der Waals surface area contributed by atoms with Gasteiger partial charge in [-0.05, 0) is 31.5 Å². The Balaban J connectivity index is 0.000000758. The second-order valence-electron chi connectivity index (χ2n) is 6.05. The van der Waals surface area contributed by atoms with Crippen molar-refractivity contribution in [1.82, 2.24) is 4.90 Å². The molecule has 1 heterocycles. The van der Waals surface area contributed by atoms with Crippen LogP contribution in [0.1, 0.15) is 12.8 Å². The first kappa shape index (κ1) is 19.5. The van der Waals surface area contributed by atoms with Crippen LogP contribution >= 0.6 is 0 Å². The van der Waals surface area contributed by atoms with Crippen molar-refractivity contribution in [2.75, 3.05) is 25.5 Å². The normalized spacial score (nSPS) is 14.7. The Morgan fingerprint density at radius 1 is 1.12 bits per heavy atom. The molecule has 6 nitrogen and oxygen atoms in total. The zero-order valence-corrected chi connectivity index (χ0v) is 14.8. The molecule has 1 aliphatic heterocycles. The molecule has 2 aromatic carbocycles. The number of likely N-dealkylation sites (tertiary alicyclic amines) is 1. The summed E-state index contributed by atoms with van der Waals surface area (Å²) >= 11 is 0. The van der Waals surface area contributed by atoms with Crippen molar-refractivity contribution < 1.29 is 19.4 Å². The van der Waals surface area contributed by atoms with Crippen LogP contribution in [-0.4, -0.2) is 48.8 Å². The number of nitrogens with one attached hydrogen (secondary N) is 1. The van der Waals surface area contributed by atoms with E-state index >= 15 is 0 Å². The molecular formula is C20H24N2O4. The van der Waals surface area contributed by atoms with Crippen molar-refractivity contribution in [3.63, 3.8) is 0 Å². The first-order valence-corrected chi connectivity index (χ1v) is 8.52. The quantitative estimate of drug-likeness (QED) is 0.820. The summed E-state index contributed by atoms with van der Waals surface area (Å²) in [6.45, 7) is 1.69. The van der Waals surface area contributed by atoms with Crippen LogP contribution in [0.25, 0.3) is 11.1 Å². The van der Waals surface area contributed by atoms with Gasteiger partial charge in [0.05, 0.1) is 5.69 Å². The third-order valence-electron chi connectivity index (χ3n) is 4.19. The van der Waals surface area contributed by atoms with E-state index in [0.29, 0.717) is 0 Å². The highest BCUT2D eigenvalue weighted by Crippen LogP contribution is 2.27. The fourth-order valence-electron chi connectivity index (χ4n) is 2.86. The van der Waals surface area contributed by atoms with Gasteiger partial charge < -0.3 is 14.7 Å². The summed E-state index contributed by atoms with van der Waals surface area (Å²) in [6, 6.07) is 17.8. The molecule has 2 N–H and O–H groups in total. The van der Waals surface area contributed by atoms with Crippen LogP contribution < -0.4 is 5.32 Å². The van der Waals surface area contributed by atoms with Gasteiger partial charge >= 0.3 is 6.09 Å². The molecule has 2 aromatic rings. The lowest BCUT2D eigenvalue weighted by Crippen LogP contribution is -2.36. The van der Waals surface area contributed by atoms with Crippen LogP contribution in [0.3, 0.4) is 0 Å². The van der Waals surface area contributed by atoms with Gasteiger partial charge in [0.1, 0.15) is 6.10 Å². The summed E-state index contributed by atoms with van der Waals surface area (Å²) in [7, 11) is 2.09. The van der Waals surface area contributed by atoms with E-state index < -0.39 is 0 Å². The van der Waals surface area contributed by atoms with E-state index in [4.69, 9.17) is 14.6 Å². The minimum Gasteiger partial charge on any atom is -0.483 e. The van der Waals surface area contributed by atoms with Crippen LogP contribution in [0, 0.1) is 0 Å². The third kappa shape index (κ3) is 5.89. The number of amides is 1. The number of carboxylic acid groups (broad SMARTS) is 1. The summed E-state index contributed by atoms with van der Waals surface area (Å²) in [5.41, 5.74) is 2.84. The van der Waals surface area contributed by atoms with E-state index in [9.17, 15) is 4.79 Å². The Morgan fingerprint density at radius 2 is 1.69 bits per heavy atom. The van der Waals surface area contributed by atoms with Crippen LogP contribution in [0.5, 0.6) is 0 Å². The number of rotatable bonds is 3. The lowest BCUT2D eigenvalue weighted by Gasteiger charge is -2.28. The summed E-state index contributed by atoms with van der Waals surface area (Å²) in [5, 5.41) is 9.78. The SMILES string of the molecule is CN1CCC(OC(=O)Nc2ccccc2-c2ccccc2)CC1.O=CO. The van der Waals surface area contributed by atoms with Crippen molar-refractivity contribution in [2.24, 2.45) is 0 Å². The van der Waals surface area contributed by atoms with Gasteiger partial charge in [-0.1, -0.05) is 48.5 Å². The molecule has 138 valence electrons. The molecule has 3 rings (SSSR count). The number of ether oxygens (including phenoxy) is 1. The van der Waals surface area contributed by atoms with Gasteiger partial charge in [-0.25, -0.2) is 4.79 Å². The topological polar surface area (TPSA) is 78.9 Å². The Morgan fingerprint density at radius 3 is 2.35 bits per heavy atom. The molecule has 0 bridgehead atoms. The highest BCUT2D eigenvalue weighted by atomic mass is 16.6. The number of hydrogen-bond donors (Lipinski definition) is 2. The maximum absolute atomic E-state index is 12.2. The smallest absolute Gasteiger partial charge is 0.411 e. The Bertz CT molecular complexity index is 698. The molecule has 0 saturated carbocycles. The van der Waals surface area contributed by atoms with Crippen LogP contribution in [-0.2, 0) is 9.53 Å². The van der Waals surface area contributed by atoms with E-state index in [1.165, 1.54) is 0 Å². The predicted octanol–water partition coefficient (Wildman–Crippen LogP) is 3.70. The van der Waals surface area contributed by atoms with E-state index in [2.05, 4.69) is 17.3 Å². The number of nitrogens with zero attached hydrogens (tertiary/aromatic N) is 1. The maximum atomic E-state index is 12.2. The molecule has 26 heavy (non-hydrogen) atoms. The van der Waals surface area contributed by atoms with Crippen LogP contribution in [0.15, 0.2) is 54.6 Å². The minimum absolute atomic E-state index is 0.00934. The van der Waals surface area contributed by atoms with Gasteiger partial charge in [0.2, 0.25) is 0 Å². The average molecular weight is 356 g/mol. The fraction of sp³-hybridized carbons (Fsp3) is 0.300. The van der Waals surface area contributed by atoms with Gasteiger partial charge in [0, 0.05) is 18.7 Å². The molecule has 0 spiro atoms. The van der Waals surface area contributed by atoms with E-state index in [-0.39, 0.29) is 18.7 Å². The lowest BCUT2D eigenvalue weighted by molar-refractivity contribution is -0.122.